The van der Waals surface area contributed by atoms with Gasteiger partial charge in [-0.2, -0.15) is 0 Å². The highest BCUT2D eigenvalue weighted by Gasteiger charge is 2.08. The topological polar surface area (TPSA) is 71.8 Å². The third-order valence-corrected chi connectivity index (χ3v) is 3.13. The molecule has 0 radical (unpaired) electrons. The van der Waals surface area contributed by atoms with Crippen molar-refractivity contribution in [2.75, 3.05) is 12.4 Å². The molecule has 0 aliphatic carbocycles. The first-order valence-electron chi connectivity index (χ1n) is 6.50. The molecule has 6 nitrogen and oxygen atoms in total. The summed E-state index contributed by atoms with van der Waals surface area (Å²) in [5.74, 6) is -0.111. The first-order chi connectivity index (χ1) is 9.60. The third kappa shape index (κ3) is 3.42. The van der Waals surface area contributed by atoms with Crippen molar-refractivity contribution in [2.24, 2.45) is 0 Å². The van der Waals surface area contributed by atoms with Crippen LogP contribution < -0.4 is 10.6 Å². The molecule has 2 aromatic rings. The van der Waals surface area contributed by atoms with Crippen LogP contribution in [0.1, 0.15) is 16.8 Å². The van der Waals surface area contributed by atoms with Crippen molar-refractivity contribution >= 4 is 11.6 Å². The van der Waals surface area contributed by atoms with Gasteiger partial charge < -0.3 is 10.6 Å². The quantitative estimate of drug-likeness (QED) is 0.860. The molecule has 0 fully saturated rings. The number of nitrogens with zero attached hydrogens (tertiary/aromatic N) is 3. The number of rotatable bonds is 5. The molecule has 0 bridgehead atoms. The van der Waals surface area contributed by atoms with Crippen LogP contribution in [0.3, 0.4) is 0 Å². The molecule has 2 rings (SSSR count). The normalized spacial score (nSPS) is 10.6. The van der Waals surface area contributed by atoms with E-state index < -0.39 is 0 Å². The van der Waals surface area contributed by atoms with Gasteiger partial charge in [0.1, 0.15) is 6.54 Å². The van der Waals surface area contributed by atoms with Crippen molar-refractivity contribution in [1.29, 1.82) is 0 Å². The Bertz CT molecular complexity index is 605. The molecular weight excluding hydrogens is 254 g/mol. The van der Waals surface area contributed by atoms with E-state index in [1.54, 1.807) is 6.20 Å². The van der Waals surface area contributed by atoms with Gasteiger partial charge in [-0.15, -0.1) is 5.10 Å². The molecule has 1 aromatic carbocycles. The lowest BCUT2D eigenvalue weighted by Gasteiger charge is -2.10. The van der Waals surface area contributed by atoms with Gasteiger partial charge in [0.05, 0.1) is 11.9 Å². The van der Waals surface area contributed by atoms with Crippen LogP contribution in [0.5, 0.6) is 0 Å². The molecule has 20 heavy (non-hydrogen) atoms. The second kappa shape index (κ2) is 6.29. The standard InChI is InChI=1S/C14H19N5O/c1-10-5-4-6-13(11(10)2)16-14(20)9-19-8-12(7-15-3)17-18-19/h4-6,8,15H,7,9H2,1-3H3,(H,16,20). The van der Waals surface area contributed by atoms with Gasteiger partial charge in [-0.25, -0.2) is 4.68 Å². The van der Waals surface area contributed by atoms with Gasteiger partial charge in [0.2, 0.25) is 5.91 Å². The minimum Gasteiger partial charge on any atom is -0.324 e. The zero-order valence-corrected chi connectivity index (χ0v) is 12.0. The van der Waals surface area contributed by atoms with Crippen molar-refractivity contribution in [3.63, 3.8) is 0 Å². The number of aromatic nitrogens is 3. The molecule has 2 N–H and O–H groups in total. The fourth-order valence-corrected chi connectivity index (χ4v) is 1.90. The van der Waals surface area contributed by atoms with Gasteiger partial charge in [-0.05, 0) is 38.1 Å². The van der Waals surface area contributed by atoms with E-state index in [2.05, 4.69) is 20.9 Å². The number of hydrogen-bond acceptors (Lipinski definition) is 4. The Morgan fingerprint density at radius 2 is 2.15 bits per heavy atom. The second-order valence-corrected chi connectivity index (χ2v) is 4.73. The van der Waals surface area contributed by atoms with Crippen molar-refractivity contribution in [2.45, 2.75) is 26.9 Å². The van der Waals surface area contributed by atoms with E-state index in [0.29, 0.717) is 6.54 Å². The molecule has 106 valence electrons. The highest BCUT2D eigenvalue weighted by molar-refractivity contribution is 5.91. The highest BCUT2D eigenvalue weighted by atomic mass is 16.2. The summed E-state index contributed by atoms with van der Waals surface area (Å²) >= 11 is 0. The fourth-order valence-electron chi connectivity index (χ4n) is 1.90. The molecule has 6 heteroatoms. The average molecular weight is 273 g/mol. The summed E-state index contributed by atoms with van der Waals surface area (Å²) in [4.78, 5) is 12.0. The average Bonchev–Trinajstić information content (AvgIpc) is 2.83. The van der Waals surface area contributed by atoms with E-state index >= 15 is 0 Å². The smallest absolute Gasteiger partial charge is 0.246 e. The summed E-state index contributed by atoms with van der Waals surface area (Å²) in [5.41, 5.74) is 3.88. The van der Waals surface area contributed by atoms with Crippen LogP contribution in [-0.4, -0.2) is 27.9 Å². The summed E-state index contributed by atoms with van der Waals surface area (Å²) in [5, 5.41) is 13.8. The molecule has 0 saturated carbocycles. The molecule has 0 aliphatic rings. The number of benzene rings is 1. The van der Waals surface area contributed by atoms with E-state index in [-0.39, 0.29) is 12.5 Å². The second-order valence-electron chi connectivity index (χ2n) is 4.73. The lowest BCUT2D eigenvalue weighted by Crippen LogP contribution is -2.19. The predicted octanol–water partition coefficient (Wildman–Crippen LogP) is 1.25. The van der Waals surface area contributed by atoms with Crippen LogP contribution in [0.25, 0.3) is 0 Å². The number of anilines is 1. The molecular formula is C14H19N5O. The summed E-state index contributed by atoms with van der Waals surface area (Å²) in [6.45, 7) is 4.81. The molecule has 0 saturated heterocycles. The fraction of sp³-hybridized carbons (Fsp3) is 0.357. The highest BCUT2D eigenvalue weighted by Crippen LogP contribution is 2.17. The van der Waals surface area contributed by atoms with Gasteiger partial charge in [0.25, 0.3) is 0 Å². The van der Waals surface area contributed by atoms with E-state index in [9.17, 15) is 4.79 Å². The summed E-state index contributed by atoms with van der Waals surface area (Å²) < 4.78 is 1.53. The SMILES string of the molecule is CNCc1cn(CC(=O)Nc2cccc(C)c2C)nn1. The van der Waals surface area contributed by atoms with E-state index in [1.165, 1.54) is 4.68 Å². The van der Waals surface area contributed by atoms with Crippen LogP contribution in [0.15, 0.2) is 24.4 Å². The third-order valence-electron chi connectivity index (χ3n) is 3.13. The summed E-state index contributed by atoms with van der Waals surface area (Å²) in [6, 6.07) is 5.85. The Kier molecular flexibility index (Phi) is 4.47. The van der Waals surface area contributed by atoms with Crippen LogP contribution in [0, 0.1) is 13.8 Å². The number of hydrogen-bond donors (Lipinski definition) is 2. The maximum Gasteiger partial charge on any atom is 0.246 e. The monoisotopic (exact) mass is 273 g/mol. The number of amides is 1. The maximum atomic E-state index is 12.0. The first-order valence-corrected chi connectivity index (χ1v) is 6.50. The summed E-state index contributed by atoms with van der Waals surface area (Å²) in [6.07, 6.45) is 1.76. The van der Waals surface area contributed by atoms with Crippen molar-refractivity contribution in [3.05, 3.63) is 41.2 Å². The van der Waals surface area contributed by atoms with E-state index in [1.807, 2.05) is 39.1 Å². The predicted molar refractivity (Wildman–Crippen MR) is 77.3 cm³/mol. The largest absolute Gasteiger partial charge is 0.324 e. The molecule has 0 atom stereocenters. The molecule has 0 aliphatic heterocycles. The molecule has 1 aromatic heterocycles. The Hall–Kier alpha value is -2.21. The van der Waals surface area contributed by atoms with Gasteiger partial charge in [0.15, 0.2) is 0 Å². The van der Waals surface area contributed by atoms with Crippen LogP contribution in [-0.2, 0) is 17.9 Å². The van der Waals surface area contributed by atoms with Crippen LogP contribution in [0.2, 0.25) is 0 Å². The van der Waals surface area contributed by atoms with Gasteiger partial charge in [-0.1, -0.05) is 17.3 Å². The zero-order valence-electron chi connectivity index (χ0n) is 12.0. The van der Waals surface area contributed by atoms with Crippen molar-refractivity contribution in [3.8, 4) is 0 Å². The number of nitrogens with one attached hydrogen (secondary N) is 2. The minimum absolute atomic E-state index is 0.111. The van der Waals surface area contributed by atoms with Crippen LogP contribution in [0.4, 0.5) is 5.69 Å². The molecule has 1 heterocycles. The van der Waals surface area contributed by atoms with Crippen molar-refractivity contribution in [1.82, 2.24) is 20.3 Å². The Balaban J connectivity index is 1.99. The van der Waals surface area contributed by atoms with Crippen LogP contribution >= 0.6 is 0 Å². The van der Waals surface area contributed by atoms with E-state index in [0.717, 1.165) is 22.5 Å². The maximum absolute atomic E-state index is 12.0. The summed E-state index contributed by atoms with van der Waals surface area (Å²) in [7, 11) is 1.84. The molecule has 0 spiro atoms. The first kappa shape index (κ1) is 14.2. The molecule has 0 unspecified atom stereocenters. The lowest BCUT2D eigenvalue weighted by molar-refractivity contribution is -0.116. The van der Waals surface area contributed by atoms with Gasteiger partial charge in [-0.3, -0.25) is 4.79 Å². The zero-order chi connectivity index (χ0) is 14.5. The van der Waals surface area contributed by atoms with Gasteiger partial charge >= 0.3 is 0 Å². The lowest BCUT2D eigenvalue weighted by atomic mass is 10.1. The molecule has 1 amide bonds. The number of carbonyl (C=O) groups excluding carboxylic acids is 1. The Morgan fingerprint density at radius 3 is 2.90 bits per heavy atom. The number of aryl methyl sites for hydroxylation is 1. The minimum atomic E-state index is -0.111. The van der Waals surface area contributed by atoms with Gasteiger partial charge in [0, 0.05) is 12.2 Å². The van der Waals surface area contributed by atoms with Crippen molar-refractivity contribution < 1.29 is 4.79 Å². The Morgan fingerprint density at radius 1 is 1.35 bits per heavy atom. The van der Waals surface area contributed by atoms with E-state index in [4.69, 9.17) is 0 Å². The Labute approximate surface area is 118 Å². The number of carbonyl (C=O) groups is 1.